The summed E-state index contributed by atoms with van der Waals surface area (Å²) in [4.78, 5) is 14.5. The Labute approximate surface area is 154 Å². The van der Waals surface area contributed by atoms with Crippen LogP contribution in [0.3, 0.4) is 0 Å². The van der Waals surface area contributed by atoms with Crippen molar-refractivity contribution in [3.63, 3.8) is 0 Å². The third kappa shape index (κ3) is 3.66. The Morgan fingerprint density at radius 1 is 1.12 bits per heavy atom. The summed E-state index contributed by atoms with van der Waals surface area (Å²) >= 11 is 0. The molecule has 0 aliphatic carbocycles. The number of fused-ring (bicyclic) bond motifs is 1. The average molecular weight is 382 g/mol. The van der Waals surface area contributed by atoms with Gasteiger partial charge in [-0.25, -0.2) is 8.42 Å². The van der Waals surface area contributed by atoms with Crippen LogP contribution in [0, 0.1) is 5.92 Å². The lowest BCUT2D eigenvalue weighted by Crippen LogP contribution is -2.44. The minimum atomic E-state index is -3.60. The van der Waals surface area contributed by atoms with Gasteiger partial charge < -0.3 is 14.4 Å². The molecule has 2 aliphatic rings. The molecule has 2 aliphatic heterocycles. The van der Waals surface area contributed by atoms with E-state index in [0.717, 1.165) is 0 Å². The first-order chi connectivity index (χ1) is 12.5. The summed E-state index contributed by atoms with van der Waals surface area (Å²) in [6.45, 7) is 6.88. The summed E-state index contributed by atoms with van der Waals surface area (Å²) in [6.07, 6.45) is 1.11. The van der Waals surface area contributed by atoms with Crippen LogP contribution in [-0.4, -0.2) is 62.9 Å². The van der Waals surface area contributed by atoms with Gasteiger partial charge in [-0.1, -0.05) is 0 Å². The number of amides is 1. The Hall–Kier alpha value is -1.80. The van der Waals surface area contributed by atoms with E-state index in [1.54, 1.807) is 12.1 Å². The van der Waals surface area contributed by atoms with Crippen LogP contribution in [0.4, 0.5) is 0 Å². The van der Waals surface area contributed by atoms with Crippen LogP contribution in [0.2, 0.25) is 0 Å². The highest BCUT2D eigenvalue weighted by Crippen LogP contribution is 2.34. The van der Waals surface area contributed by atoms with E-state index in [1.165, 1.54) is 10.4 Å². The van der Waals surface area contributed by atoms with Crippen LogP contribution in [0.15, 0.2) is 23.1 Å². The Morgan fingerprint density at radius 3 is 2.35 bits per heavy atom. The summed E-state index contributed by atoms with van der Waals surface area (Å²) in [5.41, 5.74) is 0. The third-order valence-corrected chi connectivity index (χ3v) is 6.92. The third-order valence-electron chi connectivity index (χ3n) is 5.03. The van der Waals surface area contributed by atoms with E-state index in [9.17, 15) is 13.2 Å². The summed E-state index contributed by atoms with van der Waals surface area (Å²) in [5, 5.41) is 0. The van der Waals surface area contributed by atoms with Gasteiger partial charge in [0.15, 0.2) is 11.5 Å². The van der Waals surface area contributed by atoms with E-state index in [-0.39, 0.29) is 16.7 Å². The fourth-order valence-electron chi connectivity index (χ4n) is 3.47. The lowest BCUT2D eigenvalue weighted by atomic mass is 9.96. The number of carbonyl (C=O) groups excluding carboxylic acids is 1. The normalized spacial score (nSPS) is 18.5. The fourth-order valence-corrected chi connectivity index (χ4v) is 4.96. The van der Waals surface area contributed by atoms with Crippen molar-refractivity contribution < 1.29 is 22.7 Å². The predicted molar refractivity (Wildman–Crippen MR) is 96.8 cm³/mol. The second-order valence-electron chi connectivity index (χ2n) is 6.49. The molecule has 144 valence electrons. The van der Waals surface area contributed by atoms with Crippen molar-refractivity contribution in [2.24, 2.45) is 5.92 Å². The maximum absolute atomic E-state index is 12.9. The zero-order valence-corrected chi connectivity index (χ0v) is 16.1. The molecular formula is C18H26N2O5S. The minimum Gasteiger partial charge on any atom is -0.486 e. The zero-order chi connectivity index (χ0) is 18.7. The van der Waals surface area contributed by atoms with Gasteiger partial charge in [0.2, 0.25) is 15.9 Å². The molecule has 0 spiro atoms. The number of benzene rings is 1. The second kappa shape index (κ2) is 7.84. The first-order valence-electron chi connectivity index (χ1n) is 9.16. The molecule has 0 N–H and O–H groups in total. The standard InChI is InChI=1S/C18H26N2O5S/c1-3-19(4-2)18(21)14-7-9-20(10-8-14)26(22,23)15-5-6-16-17(13-15)25-12-11-24-16/h5-6,13-14H,3-4,7-12H2,1-2H3. The fraction of sp³-hybridized carbons (Fsp3) is 0.611. The molecule has 0 saturated carbocycles. The quantitative estimate of drug-likeness (QED) is 0.775. The maximum Gasteiger partial charge on any atom is 0.243 e. The number of piperidine rings is 1. The van der Waals surface area contributed by atoms with E-state index >= 15 is 0 Å². The first kappa shape index (κ1) is 19.0. The molecule has 0 bridgehead atoms. The van der Waals surface area contributed by atoms with Crippen molar-refractivity contribution in [2.75, 3.05) is 39.4 Å². The van der Waals surface area contributed by atoms with E-state index in [0.29, 0.717) is 63.7 Å². The Morgan fingerprint density at radius 2 is 1.73 bits per heavy atom. The molecule has 1 amide bonds. The lowest BCUT2D eigenvalue weighted by molar-refractivity contribution is -0.136. The molecule has 1 aromatic carbocycles. The van der Waals surface area contributed by atoms with Gasteiger partial charge in [0.05, 0.1) is 4.90 Å². The second-order valence-corrected chi connectivity index (χ2v) is 8.43. The number of nitrogens with zero attached hydrogens (tertiary/aromatic N) is 2. The molecule has 2 heterocycles. The van der Waals surface area contributed by atoms with Crippen LogP contribution in [0.25, 0.3) is 0 Å². The first-order valence-corrected chi connectivity index (χ1v) is 10.6. The summed E-state index contributed by atoms with van der Waals surface area (Å²) < 4.78 is 38.3. The van der Waals surface area contributed by atoms with Gasteiger partial charge in [-0.15, -0.1) is 0 Å². The van der Waals surface area contributed by atoms with E-state index < -0.39 is 10.0 Å². The van der Waals surface area contributed by atoms with Gasteiger partial charge in [-0.2, -0.15) is 4.31 Å². The Kier molecular flexibility index (Phi) is 5.72. The average Bonchev–Trinajstić information content (AvgIpc) is 2.68. The molecule has 3 rings (SSSR count). The van der Waals surface area contributed by atoms with E-state index in [4.69, 9.17) is 9.47 Å². The molecule has 7 nitrogen and oxygen atoms in total. The predicted octanol–water partition coefficient (Wildman–Crippen LogP) is 1.73. The van der Waals surface area contributed by atoms with E-state index in [2.05, 4.69) is 0 Å². The topological polar surface area (TPSA) is 76.2 Å². The highest BCUT2D eigenvalue weighted by molar-refractivity contribution is 7.89. The molecule has 1 fully saturated rings. The van der Waals surface area contributed by atoms with Crippen LogP contribution < -0.4 is 9.47 Å². The lowest BCUT2D eigenvalue weighted by Gasteiger charge is -2.33. The van der Waals surface area contributed by atoms with Gasteiger partial charge in [0, 0.05) is 38.2 Å². The maximum atomic E-state index is 12.9. The van der Waals surface area contributed by atoms with Crippen LogP contribution in [0.5, 0.6) is 11.5 Å². The summed E-state index contributed by atoms with van der Waals surface area (Å²) in [6, 6.07) is 4.71. The molecule has 1 saturated heterocycles. The van der Waals surface area contributed by atoms with Crippen LogP contribution in [-0.2, 0) is 14.8 Å². The molecule has 0 unspecified atom stereocenters. The molecule has 26 heavy (non-hydrogen) atoms. The van der Waals surface area contributed by atoms with Crippen molar-refractivity contribution >= 4 is 15.9 Å². The summed E-state index contributed by atoms with van der Waals surface area (Å²) in [5.74, 6) is 1.07. The largest absolute Gasteiger partial charge is 0.486 e. The van der Waals surface area contributed by atoms with Gasteiger partial charge in [-0.05, 0) is 38.8 Å². The number of hydrogen-bond donors (Lipinski definition) is 0. The summed E-state index contributed by atoms with van der Waals surface area (Å²) in [7, 11) is -3.60. The van der Waals surface area contributed by atoms with Crippen LogP contribution in [0.1, 0.15) is 26.7 Å². The minimum absolute atomic E-state index is 0.0957. The van der Waals surface area contributed by atoms with Gasteiger partial charge in [0.1, 0.15) is 13.2 Å². The Balaban J connectivity index is 1.69. The van der Waals surface area contributed by atoms with Crippen molar-refractivity contribution in [2.45, 2.75) is 31.6 Å². The zero-order valence-electron chi connectivity index (χ0n) is 15.3. The molecular weight excluding hydrogens is 356 g/mol. The molecule has 1 aromatic rings. The number of hydrogen-bond acceptors (Lipinski definition) is 5. The van der Waals surface area contributed by atoms with Gasteiger partial charge in [0.25, 0.3) is 0 Å². The van der Waals surface area contributed by atoms with Crippen molar-refractivity contribution in [1.82, 2.24) is 9.21 Å². The molecule has 0 aromatic heterocycles. The van der Waals surface area contributed by atoms with Gasteiger partial charge in [-0.3, -0.25) is 4.79 Å². The molecule has 0 radical (unpaired) electrons. The highest BCUT2D eigenvalue weighted by Gasteiger charge is 2.33. The van der Waals surface area contributed by atoms with E-state index in [1.807, 2.05) is 18.7 Å². The number of sulfonamides is 1. The van der Waals surface area contributed by atoms with Crippen molar-refractivity contribution in [1.29, 1.82) is 0 Å². The van der Waals surface area contributed by atoms with Gasteiger partial charge >= 0.3 is 0 Å². The highest BCUT2D eigenvalue weighted by atomic mass is 32.2. The smallest absolute Gasteiger partial charge is 0.243 e. The number of rotatable bonds is 5. The number of carbonyl (C=O) groups is 1. The molecule has 8 heteroatoms. The SMILES string of the molecule is CCN(CC)C(=O)C1CCN(S(=O)(=O)c2ccc3c(c2)OCCO3)CC1. The molecule has 0 atom stereocenters. The van der Waals surface area contributed by atoms with Crippen molar-refractivity contribution in [3.05, 3.63) is 18.2 Å². The monoisotopic (exact) mass is 382 g/mol. The van der Waals surface area contributed by atoms with Crippen LogP contribution >= 0.6 is 0 Å². The Bertz CT molecular complexity index is 753. The number of ether oxygens (including phenoxy) is 2. The van der Waals surface area contributed by atoms with Crippen molar-refractivity contribution in [3.8, 4) is 11.5 Å².